The SMILES string of the molecule is COc1ccc(CNC(=S)NNC(=O)CNC(=O)Cc2ccccc2)cc1. The number of methoxy groups -OCH3 is 1. The first-order valence-corrected chi connectivity index (χ1v) is 8.74. The molecule has 0 saturated carbocycles. The Hall–Kier alpha value is -3.13. The molecule has 0 aliphatic carbocycles. The van der Waals surface area contributed by atoms with E-state index >= 15 is 0 Å². The Balaban J connectivity index is 1.61. The maximum Gasteiger partial charge on any atom is 0.257 e. The summed E-state index contributed by atoms with van der Waals surface area (Å²) in [5.74, 6) is 0.155. The molecule has 0 bridgehead atoms. The van der Waals surface area contributed by atoms with Gasteiger partial charge < -0.3 is 15.4 Å². The Bertz CT molecular complexity index is 766. The zero-order chi connectivity index (χ0) is 19.5. The van der Waals surface area contributed by atoms with Crippen LogP contribution in [-0.2, 0) is 22.6 Å². The van der Waals surface area contributed by atoms with E-state index in [2.05, 4.69) is 21.5 Å². The van der Waals surface area contributed by atoms with Gasteiger partial charge in [0.25, 0.3) is 5.91 Å². The molecule has 0 unspecified atom stereocenters. The second kappa shape index (κ2) is 10.8. The lowest BCUT2D eigenvalue weighted by Crippen LogP contribution is -2.49. The number of hydrogen-bond acceptors (Lipinski definition) is 4. The number of thiocarbonyl (C=S) groups is 1. The van der Waals surface area contributed by atoms with Crippen molar-refractivity contribution in [1.29, 1.82) is 0 Å². The number of carbonyl (C=O) groups is 2. The molecular weight excluding hydrogens is 364 g/mol. The van der Waals surface area contributed by atoms with Gasteiger partial charge in [0.05, 0.1) is 20.1 Å². The first kappa shape index (κ1) is 20.2. The number of hydrazine groups is 1. The Labute approximate surface area is 163 Å². The van der Waals surface area contributed by atoms with Gasteiger partial charge in [-0.1, -0.05) is 42.5 Å². The van der Waals surface area contributed by atoms with E-state index in [9.17, 15) is 9.59 Å². The van der Waals surface area contributed by atoms with E-state index in [0.717, 1.165) is 16.9 Å². The molecule has 2 aromatic carbocycles. The average molecular weight is 386 g/mol. The fourth-order valence-corrected chi connectivity index (χ4v) is 2.29. The van der Waals surface area contributed by atoms with E-state index in [1.807, 2.05) is 54.6 Å². The number of carbonyl (C=O) groups excluding carboxylic acids is 2. The average Bonchev–Trinajstić information content (AvgIpc) is 2.70. The number of ether oxygens (including phenoxy) is 1. The molecule has 2 amide bonds. The first-order chi connectivity index (χ1) is 13.1. The van der Waals surface area contributed by atoms with Crippen LogP contribution in [-0.4, -0.2) is 30.6 Å². The molecule has 0 saturated heterocycles. The third kappa shape index (κ3) is 7.74. The third-order valence-corrected chi connectivity index (χ3v) is 3.83. The molecule has 27 heavy (non-hydrogen) atoms. The summed E-state index contributed by atoms with van der Waals surface area (Å²) in [6.45, 7) is 0.360. The summed E-state index contributed by atoms with van der Waals surface area (Å²) >= 11 is 5.09. The van der Waals surface area contributed by atoms with Crippen LogP contribution in [0.25, 0.3) is 0 Å². The minimum Gasteiger partial charge on any atom is -0.497 e. The molecule has 0 radical (unpaired) electrons. The Kier molecular flexibility index (Phi) is 8.05. The fourth-order valence-electron chi connectivity index (χ4n) is 2.16. The van der Waals surface area contributed by atoms with Crippen molar-refractivity contribution in [3.63, 3.8) is 0 Å². The second-order valence-corrected chi connectivity index (χ2v) is 6.05. The van der Waals surface area contributed by atoms with Gasteiger partial charge in [-0.2, -0.15) is 0 Å². The monoisotopic (exact) mass is 386 g/mol. The maximum atomic E-state index is 11.8. The van der Waals surface area contributed by atoms with Crippen molar-refractivity contribution >= 4 is 29.1 Å². The molecule has 8 heteroatoms. The largest absolute Gasteiger partial charge is 0.497 e. The predicted molar refractivity (Wildman–Crippen MR) is 107 cm³/mol. The van der Waals surface area contributed by atoms with E-state index in [4.69, 9.17) is 17.0 Å². The third-order valence-electron chi connectivity index (χ3n) is 3.58. The smallest absolute Gasteiger partial charge is 0.257 e. The highest BCUT2D eigenvalue weighted by atomic mass is 32.1. The maximum absolute atomic E-state index is 11.8. The first-order valence-electron chi connectivity index (χ1n) is 8.33. The minimum absolute atomic E-state index is 0.139. The van der Waals surface area contributed by atoms with Gasteiger partial charge in [0.15, 0.2) is 5.11 Å². The number of rotatable bonds is 7. The quantitative estimate of drug-likeness (QED) is 0.420. The van der Waals surface area contributed by atoms with Gasteiger partial charge in [-0.25, -0.2) is 0 Å². The lowest BCUT2D eigenvalue weighted by molar-refractivity contribution is -0.126. The van der Waals surface area contributed by atoms with Crippen LogP contribution in [0.5, 0.6) is 5.75 Å². The molecule has 0 spiro atoms. The van der Waals surface area contributed by atoms with Crippen LogP contribution in [0.2, 0.25) is 0 Å². The molecule has 2 rings (SSSR count). The van der Waals surface area contributed by atoms with E-state index < -0.39 is 5.91 Å². The van der Waals surface area contributed by atoms with Crippen molar-refractivity contribution < 1.29 is 14.3 Å². The summed E-state index contributed by atoms with van der Waals surface area (Å²) in [5.41, 5.74) is 6.92. The van der Waals surface area contributed by atoms with E-state index in [0.29, 0.717) is 6.54 Å². The summed E-state index contributed by atoms with van der Waals surface area (Å²) in [4.78, 5) is 23.6. The topological polar surface area (TPSA) is 91.5 Å². The van der Waals surface area contributed by atoms with Crippen molar-refractivity contribution in [3.05, 3.63) is 65.7 Å². The lowest BCUT2D eigenvalue weighted by Gasteiger charge is -2.12. The molecule has 0 aliphatic rings. The highest BCUT2D eigenvalue weighted by molar-refractivity contribution is 7.80. The molecule has 0 fully saturated rings. The van der Waals surface area contributed by atoms with Crippen molar-refractivity contribution in [3.8, 4) is 5.75 Å². The van der Waals surface area contributed by atoms with Gasteiger partial charge in [0.2, 0.25) is 5.91 Å². The number of hydrogen-bond donors (Lipinski definition) is 4. The van der Waals surface area contributed by atoms with Crippen LogP contribution < -0.4 is 26.2 Å². The highest BCUT2D eigenvalue weighted by Crippen LogP contribution is 2.10. The van der Waals surface area contributed by atoms with Crippen LogP contribution >= 0.6 is 12.2 Å². The second-order valence-electron chi connectivity index (χ2n) is 5.64. The molecule has 0 aliphatic heterocycles. The minimum atomic E-state index is -0.398. The van der Waals surface area contributed by atoms with Crippen LogP contribution in [0.4, 0.5) is 0 Å². The lowest BCUT2D eigenvalue weighted by atomic mass is 10.1. The molecule has 0 heterocycles. The van der Waals surface area contributed by atoms with E-state index in [1.54, 1.807) is 7.11 Å². The predicted octanol–water partition coefficient (Wildman–Crippen LogP) is 1.05. The van der Waals surface area contributed by atoms with Gasteiger partial charge in [-0.05, 0) is 35.5 Å². The molecule has 2 aromatic rings. The number of benzene rings is 2. The Morgan fingerprint density at radius 3 is 2.26 bits per heavy atom. The van der Waals surface area contributed by atoms with Crippen molar-refractivity contribution in [2.45, 2.75) is 13.0 Å². The van der Waals surface area contributed by atoms with E-state index in [-0.39, 0.29) is 24.0 Å². The fraction of sp³-hybridized carbons (Fsp3) is 0.211. The van der Waals surface area contributed by atoms with Crippen LogP contribution in [0.1, 0.15) is 11.1 Å². The standard InChI is InChI=1S/C19H22N4O3S/c1-26-16-9-7-15(8-10-16)12-21-19(27)23-22-18(25)13-20-17(24)11-14-5-3-2-4-6-14/h2-10H,11-13H2,1H3,(H,20,24)(H,22,25)(H2,21,23,27). The van der Waals surface area contributed by atoms with Crippen LogP contribution in [0.3, 0.4) is 0 Å². The van der Waals surface area contributed by atoms with Crippen molar-refractivity contribution in [2.24, 2.45) is 0 Å². The number of nitrogens with one attached hydrogen (secondary N) is 4. The summed E-state index contributed by atoms with van der Waals surface area (Å²) < 4.78 is 5.10. The molecule has 142 valence electrons. The van der Waals surface area contributed by atoms with Gasteiger partial charge in [0.1, 0.15) is 5.75 Å². The summed E-state index contributed by atoms with van der Waals surface area (Å²) in [6, 6.07) is 16.8. The summed E-state index contributed by atoms with van der Waals surface area (Å²) in [5, 5.41) is 5.80. The molecule has 0 aromatic heterocycles. The van der Waals surface area contributed by atoms with Crippen molar-refractivity contribution in [2.75, 3.05) is 13.7 Å². The Morgan fingerprint density at radius 2 is 1.59 bits per heavy atom. The van der Waals surface area contributed by atoms with Gasteiger partial charge in [0, 0.05) is 6.54 Å². The summed E-state index contributed by atoms with van der Waals surface area (Å²) in [7, 11) is 1.61. The molecule has 7 nitrogen and oxygen atoms in total. The molecular formula is C19H22N4O3S. The Morgan fingerprint density at radius 1 is 0.889 bits per heavy atom. The van der Waals surface area contributed by atoms with Crippen molar-refractivity contribution in [1.82, 2.24) is 21.5 Å². The van der Waals surface area contributed by atoms with Gasteiger partial charge in [-0.3, -0.25) is 20.4 Å². The normalized spacial score (nSPS) is 9.81. The zero-order valence-electron chi connectivity index (χ0n) is 15.0. The van der Waals surface area contributed by atoms with Gasteiger partial charge >= 0.3 is 0 Å². The van der Waals surface area contributed by atoms with Gasteiger partial charge in [-0.15, -0.1) is 0 Å². The molecule has 0 atom stereocenters. The molecule has 4 N–H and O–H groups in total. The van der Waals surface area contributed by atoms with Crippen LogP contribution in [0, 0.1) is 0 Å². The van der Waals surface area contributed by atoms with Crippen LogP contribution in [0.15, 0.2) is 54.6 Å². The highest BCUT2D eigenvalue weighted by Gasteiger charge is 2.06. The van der Waals surface area contributed by atoms with E-state index in [1.165, 1.54) is 0 Å². The number of amides is 2. The zero-order valence-corrected chi connectivity index (χ0v) is 15.8. The summed E-state index contributed by atoms with van der Waals surface area (Å²) in [6.07, 6.45) is 0.226.